The van der Waals surface area contributed by atoms with Gasteiger partial charge in [-0.15, -0.1) is 0 Å². The summed E-state index contributed by atoms with van der Waals surface area (Å²) in [7, 11) is 0. The molecule has 0 saturated carbocycles. The number of aromatic amines is 1. The predicted molar refractivity (Wildman–Crippen MR) is 105 cm³/mol. The van der Waals surface area contributed by atoms with Gasteiger partial charge in [-0.05, 0) is 53.4 Å². The smallest absolute Gasteiger partial charge is 0.142 e. The van der Waals surface area contributed by atoms with E-state index in [2.05, 4.69) is 27.4 Å². The van der Waals surface area contributed by atoms with Crippen LogP contribution in [0.25, 0.3) is 16.6 Å². The van der Waals surface area contributed by atoms with Crippen molar-refractivity contribution in [3.63, 3.8) is 0 Å². The van der Waals surface area contributed by atoms with Gasteiger partial charge in [0.2, 0.25) is 0 Å². The second kappa shape index (κ2) is 7.03. The average molecular weight is 390 g/mol. The normalized spacial score (nSPS) is 15.9. The van der Waals surface area contributed by atoms with Crippen molar-refractivity contribution in [2.45, 2.75) is 19.3 Å². The van der Waals surface area contributed by atoms with Gasteiger partial charge in [0.15, 0.2) is 0 Å². The second-order valence-corrected chi connectivity index (χ2v) is 7.31. The van der Waals surface area contributed by atoms with Crippen molar-refractivity contribution in [3.05, 3.63) is 69.2 Å². The zero-order chi connectivity index (χ0) is 18.3. The van der Waals surface area contributed by atoms with E-state index in [1.165, 1.54) is 11.6 Å². The third kappa shape index (κ3) is 3.02. The molecular formula is C20H18Cl2FN3. The molecule has 4 rings (SSSR count). The maximum atomic E-state index is 14.0. The van der Waals surface area contributed by atoms with Gasteiger partial charge in [0.25, 0.3) is 0 Å². The van der Waals surface area contributed by atoms with Gasteiger partial charge in [-0.3, -0.25) is 0 Å². The summed E-state index contributed by atoms with van der Waals surface area (Å²) < 4.78 is 14.0. The number of aromatic nitrogens is 2. The first-order chi connectivity index (χ1) is 12.6. The Labute approximate surface area is 161 Å². The summed E-state index contributed by atoms with van der Waals surface area (Å²) in [5.41, 5.74) is 4.80. The summed E-state index contributed by atoms with van der Waals surface area (Å²) in [6.07, 6.45) is 6.97. The standard InChI is InChI=1S/C20H18Cl2FN3/c1-11(18-16(21)2-3-17(23)19(18)22)15-10-26-20-14(15)8-13(9-25-20)12-4-6-24-7-5-12/h2-4,8-11,24H,5-7H2,1H3,(H,25,26). The molecule has 6 heteroatoms. The molecular weight excluding hydrogens is 372 g/mol. The van der Waals surface area contributed by atoms with Gasteiger partial charge in [-0.2, -0.15) is 0 Å². The fourth-order valence-corrected chi connectivity index (χ4v) is 4.24. The molecule has 1 aliphatic heterocycles. The highest BCUT2D eigenvalue weighted by Gasteiger charge is 2.22. The lowest BCUT2D eigenvalue weighted by atomic mass is 9.92. The van der Waals surface area contributed by atoms with E-state index < -0.39 is 5.82 Å². The summed E-state index contributed by atoms with van der Waals surface area (Å²) in [5, 5.41) is 4.86. The molecule has 0 radical (unpaired) electrons. The van der Waals surface area contributed by atoms with Crippen LogP contribution in [0.5, 0.6) is 0 Å². The molecule has 2 N–H and O–H groups in total. The van der Waals surface area contributed by atoms with Crippen molar-refractivity contribution < 1.29 is 4.39 Å². The summed E-state index contributed by atoms with van der Waals surface area (Å²) >= 11 is 12.5. The molecule has 0 saturated heterocycles. The van der Waals surface area contributed by atoms with E-state index >= 15 is 0 Å². The number of rotatable bonds is 3. The molecule has 2 aromatic heterocycles. The number of hydrogen-bond donors (Lipinski definition) is 2. The Hall–Kier alpha value is -1.88. The quantitative estimate of drug-likeness (QED) is 0.577. The molecule has 1 atom stereocenters. The first-order valence-electron chi connectivity index (χ1n) is 8.57. The zero-order valence-electron chi connectivity index (χ0n) is 14.2. The topological polar surface area (TPSA) is 40.7 Å². The number of benzene rings is 1. The van der Waals surface area contributed by atoms with E-state index in [1.54, 1.807) is 6.07 Å². The highest BCUT2D eigenvalue weighted by Crippen LogP contribution is 2.39. The number of hydrogen-bond acceptors (Lipinski definition) is 2. The Kier molecular flexibility index (Phi) is 4.74. The van der Waals surface area contributed by atoms with Crippen molar-refractivity contribution in [2.24, 2.45) is 0 Å². The SMILES string of the molecule is CC(c1c(Cl)ccc(F)c1Cl)c1c[nH]c2ncc(C3=CCNCC3)cc12. The van der Waals surface area contributed by atoms with Crippen LogP contribution in [0.2, 0.25) is 10.0 Å². The summed E-state index contributed by atoms with van der Waals surface area (Å²) in [5.74, 6) is -0.630. The van der Waals surface area contributed by atoms with Crippen LogP contribution in [0.4, 0.5) is 4.39 Å². The maximum absolute atomic E-state index is 14.0. The molecule has 0 spiro atoms. The maximum Gasteiger partial charge on any atom is 0.142 e. The monoisotopic (exact) mass is 389 g/mol. The molecule has 3 heterocycles. The lowest BCUT2D eigenvalue weighted by Gasteiger charge is -2.17. The number of halogens is 3. The van der Waals surface area contributed by atoms with Crippen LogP contribution < -0.4 is 5.32 Å². The molecule has 3 aromatic rings. The van der Waals surface area contributed by atoms with E-state index in [1.807, 2.05) is 19.3 Å². The van der Waals surface area contributed by atoms with Gasteiger partial charge in [-0.25, -0.2) is 9.37 Å². The third-order valence-electron chi connectivity index (χ3n) is 4.98. The Morgan fingerprint density at radius 2 is 2.12 bits per heavy atom. The van der Waals surface area contributed by atoms with Crippen LogP contribution >= 0.6 is 23.2 Å². The van der Waals surface area contributed by atoms with Gasteiger partial charge < -0.3 is 10.3 Å². The molecule has 1 aliphatic rings. The first kappa shape index (κ1) is 17.5. The van der Waals surface area contributed by atoms with E-state index in [0.717, 1.165) is 41.7 Å². The fourth-order valence-electron chi connectivity index (χ4n) is 3.54. The third-order valence-corrected chi connectivity index (χ3v) is 5.69. The van der Waals surface area contributed by atoms with Gasteiger partial charge >= 0.3 is 0 Å². The minimum Gasteiger partial charge on any atom is -0.346 e. The molecule has 3 nitrogen and oxygen atoms in total. The van der Waals surface area contributed by atoms with Crippen molar-refractivity contribution in [2.75, 3.05) is 13.1 Å². The van der Waals surface area contributed by atoms with Crippen molar-refractivity contribution in [1.29, 1.82) is 0 Å². The van der Waals surface area contributed by atoms with Crippen molar-refractivity contribution in [3.8, 4) is 0 Å². The average Bonchev–Trinajstić information content (AvgIpc) is 3.09. The fraction of sp³-hybridized carbons (Fsp3) is 0.250. The highest BCUT2D eigenvalue weighted by atomic mass is 35.5. The van der Waals surface area contributed by atoms with Gasteiger partial charge in [0, 0.05) is 35.3 Å². The Bertz CT molecular complexity index is 1010. The van der Waals surface area contributed by atoms with Crippen LogP contribution in [0.15, 0.2) is 36.7 Å². The van der Waals surface area contributed by atoms with E-state index in [0.29, 0.717) is 10.6 Å². The number of nitrogens with zero attached hydrogens (tertiary/aromatic N) is 1. The van der Waals surface area contributed by atoms with Crippen molar-refractivity contribution in [1.82, 2.24) is 15.3 Å². The predicted octanol–water partition coefficient (Wildman–Crippen LogP) is 5.54. The van der Waals surface area contributed by atoms with Crippen LogP contribution in [0, 0.1) is 5.82 Å². The highest BCUT2D eigenvalue weighted by molar-refractivity contribution is 6.36. The first-order valence-corrected chi connectivity index (χ1v) is 9.32. The van der Waals surface area contributed by atoms with Gasteiger partial charge in [0.1, 0.15) is 11.5 Å². The van der Waals surface area contributed by atoms with Gasteiger partial charge in [-0.1, -0.05) is 36.2 Å². The van der Waals surface area contributed by atoms with Crippen LogP contribution in [-0.2, 0) is 0 Å². The number of pyridine rings is 1. The molecule has 1 aromatic carbocycles. The molecule has 0 amide bonds. The molecule has 26 heavy (non-hydrogen) atoms. The van der Waals surface area contributed by atoms with E-state index in [4.69, 9.17) is 23.2 Å². The molecule has 0 fully saturated rings. The minimum absolute atomic E-state index is 0.0736. The number of fused-ring (bicyclic) bond motifs is 1. The molecule has 134 valence electrons. The molecule has 0 aliphatic carbocycles. The molecule has 1 unspecified atom stereocenters. The van der Waals surface area contributed by atoms with Crippen LogP contribution in [0.3, 0.4) is 0 Å². The Morgan fingerprint density at radius 1 is 1.27 bits per heavy atom. The summed E-state index contributed by atoms with van der Waals surface area (Å²) in [6.45, 7) is 3.82. The second-order valence-electron chi connectivity index (χ2n) is 6.53. The van der Waals surface area contributed by atoms with Gasteiger partial charge in [0.05, 0.1) is 5.02 Å². The number of H-pyrrole nitrogens is 1. The lowest BCUT2D eigenvalue weighted by molar-refractivity contribution is 0.625. The Morgan fingerprint density at radius 3 is 2.88 bits per heavy atom. The largest absolute Gasteiger partial charge is 0.346 e. The summed E-state index contributed by atoms with van der Waals surface area (Å²) in [6, 6.07) is 4.98. The minimum atomic E-state index is -0.462. The Balaban J connectivity index is 1.82. The van der Waals surface area contributed by atoms with E-state index in [-0.39, 0.29) is 10.9 Å². The van der Waals surface area contributed by atoms with Crippen molar-refractivity contribution >= 4 is 39.8 Å². The van der Waals surface area contributed by atoms with Crippen LogP contribution in [-0.4, -0.2) is 23.1 Å². The summed E-state index contributed by atoms with van der Waals surface area (Å²) in [4.78, 5) is 7.76. The molecule has 0 bridgehead atoms. The van der Waals surface area contributed by atoms with E-state index in [9.17, 15) is 4.39 Å². The van der Waals surface area contributed by atoms with Crippen LogP contribution in [0.1, 0.15) is 36.0 Å². The zero-order valence-corrected chi connectivity index (χ0v) is 15.8. The number of nitrogens with one attached hydrogen (secondary N) is 2. The lowest BCUT2D eigenvalue weighted by Crippen LogP contribution is -2.20.